The van der Waals surface area contributed by atoms with E-state index in [9.17, 15) is 9.59 Å². The SMILES string of the molecule is O=C(O)C(Br)CCC(Br)C(=O)O. The standard InChI is InChI=1S/C6H8Br2O4/c7-3(5(9)10)1-2-4(8)6(11)12/h3-4H,1-2H2,(H,9,10)(H,11,12). The maximum Gasteiger partial charge on any atom is 0.317 e. The Hall–Kier alpha value is -0.100. The highest BCUT2D eigenvalue weighted by atomic mass is 79.9. The van der Waals surface area contributed by atoms with E-state index in [1.54, 1.807) is 0 Å². The summed E-state index contributed by atoms with van der Waals surface area (Å²) in [6.07, 6.45) is 0.578. The average molecular weight is 304 g/mol. The first-order valence-corrected chi connectivity index (χ1v) is 5.02. The number of halogens is 2. The predicted octanol–water partition coefficient (Wildman–Crippen LogP) is 1.46. The van der Waals surface area contributed by atoms with E-state index in [4.69, 9.17) is 10.2 Å². The van der Waals surface area contributed by atoms with Gasteiger partial charge in [0.05, 0.1) is 0 Å². The zero-order valence-corrected chi connectivity index (χ0v) is 9.21. The summed E-state index contributed by atoms with van der Waals surface area (Å²) in [5.41, 5.74) is 0. The molecule has 6 heteroatoms. The molecule has 70 valence electrons. The third kappa shape index (κ3) is 4.71. The molecule has 0 fully saturated rings. The third-order valence-electron chi connectivity index (χ3n) is 1.21. The summed E-state index contributed by atoms with van der Waals surface area (Å²) in [5, 5.41) is 16.8. The van der Waals surface area contributed by atoms with E-state index in [2.05, 4.69) is 31.9 Å². The maximum absolute atomic E-state index is 10.3. The van der Waals surface area contributed by atoms with Crippen LogP contribution in [0.3, 0.4) is 0 Å². The number of alkyl halides is 2. The van der Waals surface area contributed by atoms with Crippen LogP contribution in [0, 0.1) is 0 Å². The fraction of sp³-hybridized carbons (Fsp3) is 0.667. The van der Waals surface area contributed by atoms with E-state index in [1.165, 1.54) is 0 Å². The van der Waals surface area contributed by atoms with Crippen LogP contribution in [0.15, 0.2) is 0 Å². The van der Waals surface area contributed by atoms with Gasteiger partial charge in [0.2, 0.25) is 0 Å². The third-order valence-corrected chi connectivity index (χ3v) is 2.91. The van der Waals surface area contributed by atoms with Crippen LogP contribution in [-0.4, -0.2) is 31.8 Å². The Kier molecular flexibility index (Phi) is 5.48. The second kappa shape index (κ2) is 5.53. The molecule has 2 N–H and O–H groups in total. The molecule has 12 heavy (non-hydrogen) atoms. The normalized spacial score (nSPS) is 15.2. The van der Waals surface area contributed by atoms with E-state index in [-0.39, 0.29) is 12.8 Å². The molecule has 0 radical (unpaired) electrons. The Labute approximate surface area is 86.2 Å². The van der Waals surface area contributed by atoms with Crippen LogP contribution in [0.2, 0.25) is 0 Å². The van der Waals surface area contributed by atoms with Crippen molar-refractivity contribution in [2.75, 3.05) is 0 Å². The molecule has 0 aliphatic rings. The molecule has 0 heterocycles. The summed E-state index contributed by atoms with van der Waals surface area (Å²) in [5.74, 6) is -1.94. The lowest BCUT2D eigenvalue weighted by molar-refractivity contribution is -0.138. The fourth-order valence-electron chi connectivity index (χ4n) is 0.540. The molecule has 0 aliphatic heterocycles. The molecule has 0 saturated heterocycles. The van der Waals surface area contributed by atoms with E-state index >= 15 is 0 Å². The molecule has 0 aromatic rings. The summed E-state index contributed by atoms with van der Waals surface area (Å²) in [7, 11) is 0. The van der Waals surface area contributed by atoms with Crippen LogP contribution >= 0.6 is 31.9 Å². The van der Waals surface area contributed by atoms with Crippen LogP contribution in [0.4, 0.5) is 0 Å². The minimum atomic E-state index is -0.972. The number of hydrogen-bond donors (Lipinski definition) is 2. The van der Waals surface area contributed by atoms with E-state index in [1.807, 2.05) is 0 Å². The molecule has 2 unspecified atom stereocenters. The minimum absolute atomic E-state index is 0.289. The minimum Gasteiger partial charge on any atom is -0.480 e. The summed E-state index contributed by atoms with van der Waals surface area (Å²) in [4.78, 5) is 19.2. The Morgan fingerprint density at radius 1 is 1.00 bits per heavy atom. The predicted molar refractivity (Wildman–Crippen MR) is 49.9 cm³/mol. The zero-order chi connectivity index (χ0) is 9.72. The molecule has 0 amide bonds. The molecular weight excluding hydrogens is 296 g/mol. The van der Waals surface area contributed by atoms with Crippen molar-refractivity contribution >= 4 is 43.8 Å². The highest BCUT2D eigenvalue weighted by molar-refractivity contribution is 9.10. The Morgan fingerprint density at radius 2 is 1.25 bits per heavy atom. The van der Waals surface area contributed by atoms with Gasteiger partial charge in [-0.1, -0.05) is 31.9 Å². The van der Waals surface area contributed by atoms with E-state index < -0.39 is 21.6 Å². The summed E-state index contributed by atoms with van der Waals surface area (Å²) in [6.45, 7) is 0. The van der Waals surface area contributed by atoms with Crippen LogP contribution < -0.4 is 0 Å². The van der Waals surface area contributed by atoms with Crippen LogP contribution in [0.1, 0.15) is 12.8 Å². The van der Waals surface area contributed by atoms with Crippen molar-refractivity contribution in [1.29, 1.82) is 0 Å². The summed E-state index contributed by atoms with van der Waals surface area (Å²) in [6, 6.07) is 0. The smallest absolute Gasteiger partial charge is 0.317 e. The molecule has 4 nitrogen and oxygen atoms in total. The van der Waals surface area contributed by atoms with Crippen molar-refractivity contribution in [1.82, 2.24) is 0 Å². The van der Waals surface area contributed by atoms with E-state index in [0.29, 0.717) is 0 Å². The fourth-order valence-corrected chi connectivity index (χ4v) is 1.07. The zero-order valence-electron chi connectivity index (χ0n) is 6.04. The van der Waals surface area contributed by atoms with Crippen molar-refractivity contribution in [3.05, 3.63) is 0 Å². The number of carboxylic acid groups (broad SMARTS) is 2. The van der Waals surface area contributed by atoms with Crippen LogP contribution in [0.5, 0.6) is 0 Å². The maximum atomic E-state index is 10.3. The monoisotopic (exact) mass is 302 g/mol. The number of carbonyl (C=O) groups is 2. The quantitative estimate of drug-likeness (QED) is 0.754. The molecule has 0 aromatic heterocycles. The Morgan fingerprint density at radius 3 is 1.42 bits per heavy atom. The molecule has 0 aliphatic carbocycles. The first kappa shape index (κ1) is 11.9. The van der Waals surface area contributed by atoms with Gasteiger partial charge < -0.3 is 10.2 Å². The van der Waals surface area contributed by atoms with Gasteiger partial charge in [0.25, 0.3) is 0 Å². The summed E-state index contributed by atoms with van der Waals surface area (Å²) >= 11 is 5.81. The first-order chi connectivity index (χ1) is 5.45. The first-order valence-electron chi connectivity index (χ1n) is 3.19. The van der Waals surface area contributed by atoms with Crippen molar-refractivity contribution in [2.45, 2.75) is 22.5 Å². The molecule has 0 aromatic carbocycles. The molecule has 0 bridgehead atoms. The molecule has 0 saturated carbocycles. The van der Waals surface area contributed by atoms with Crippen molar-refractivity contribution in [3.8, 4) is 0 Å². The highest BCUT2D eigenvalue weighted by Gasteiger charge is 2.18. The van der Waals surface area contributed by atoms with Gasteiger partial charge in [-0.05, 0) is 12.8 Å². The van der Waals surface area contributed by atoms with Crippen molar-refractivity contribution in [3.63, 3.8) is 0 Å². The Balaban J connectivity index is 3.68. The largest absolute Gasteiger partial charge is 0.480 e. The molecule has 2 atom stereocenters. The van der Waals surface area contributed by atoms with Gasteiger partial charge >= 0.3 is 11.9 Å². The second-order valence-corrected chi connectivity index (χ2v) is 4.40. The molecular formula is C6H8Br2O4. The van der Waals surface area contributed by atoms with Gasteiger partial charge in [0, 0.05) is 0 Å². The molecule has 0 rings (SSSR count). The second-order valence-electron chi connectivity index (χ2n) is 2.19. The van der Waals surface area contributed by atoms with Gasteiger partial charge in [-0.25, -0.2) is 0 Å². The molecule has 0 spiro atoms. The number of aliphatic carboxylic acids is 2. The van der Waals surface area contributed by atoms with Crippen LogP contribution in [-0.2, 0) is 9.59 Å². The van der Waals surface area contributed by atoms with Gasteiger partial charge in [0.15, 0.2) is 0 Å². The summed E-state index contributed by atoms with van der Waals surface area (Å²) < 4.78 is 0. The van der Waals surface area contributed by atoms with Gasteiger partial charge in [-0.15, -0.1) is 0 Å². The topological polar surface area (TPSA) is 74.6 Å². The average Bonchev–Trinajstić information content (AvgIpc) is 1.98. The lowest BCUT2D eigenvalue weighted by Crippen LogP contribution is -2.18. The number of carboxylic acids is 2. The van der Waals surface area contributed by atoms with Crippen molar-refractivity contribution in [2.24, 2.45) is 0 Å². The van der Waals surface area contributed by atoms with Gasteiger partial charge in [-0.3, -0.25) is 9.59 Å². The van der Waals surface area contributed by atoms with Crippen molar-refractivity contribution < 1.29 is 19.8 Å². The lowest BCUT2D eigenvalue weighted by Gasteiger charge is -2.05. The Bertz CT molecular complexity index is 162. The lowest BCUT2D eigenvalue weighted by atomic mass is 10.2. The van der Waals surface area contributed by atoms with Crippen LogP contribution in [0.25, 0.3) is 0 Å². The van der Waals surface area contributed by atoms with Gasteiger partial charge in [0.1, 0.15) is 9.65 Å². The number of hydrogen-bond acceptors (Lipinski definition) is 2. The highest BCUT2D eigenvalue weighted by Crippen LogP contribution is 2.14. The number of rotatable bonds is 5. The van der Waals surface area contributed by atoms with Gasteiger partial charge in [-0.2, -0.15) is 0 Å². The van der Waals surface area contributed by atoms with E-state index in [0.717, 1.165) is 0 Å².